The van der Waals surface area contributed by atoms with Gasteiger partial charge in [-0.1, -0.05) is 63.4 Å². The summed E-state index contributed by atoms with van der Waals surface area (Å²) in [5, 5.41) is 11.0. The summed E-state index contributed by atoms with van der Waals surface area (Å²) >= 11 is 0. The van der Waals surface area contributed by atoms with Crippen molar-refractivity contribution < 1.29 is 29.0 Å². The Morgan fingerprint density at radius 1 is 1.13 bits per heavy atom. The first-order valence-electron chi connectivity index (χ1n) is 10.0. The van der Waals surface area contributed by atoms with Gasteiger partial charge in [0.05, 0.1) is 11.5 Å². The largest absolute Gasteiger partial charge is 0.461 e. The molecule has 0 amide bonds. The first kappa shape index (κ1) is 23.5. The molecule has 0 heterocycles. The summed E-state index contributed by atoms with van der Waals surface area (Å²) in [6.07, 6.45) is 2.47. The molecule has 1 N–H and O–H groups in total. The van der Waals surface area contributed by atoms with Crippen LogP contribution in [0.3, 0.4) is 0 Å². The minimum Gasteiger partial charge on any atom is -0.461 e. The zero-order valence-electron chi connectivity index (χ0n) is 17.8. The maximum atomic E-state index is 12.9. The number of rotatable bonds is 8. The Hall–Kier alpha value is -2.73. The van der Waals surface area contributed by atoms with Crippen LogP contribution in [0.25, 0.3) is 0 Å². The summed E-state index contributed by atoms with van der Waals surface area (Å²) in [6.45, 7) is 12.5. The van der Waals surface area contributed by atoms with Crippen molar-refractivity contribution in [1.29, 1.82) is 0 Å². The Labute approximate surface area is 177 Å². The minimum atomic E-state index is -1.67. The fourth-order valence-electron chi connectivity index (χ4n) is 3.98. The van der Waals surface area contributed by atoms with E-state index in [0.29, 0.717) is 5.56 Å². The van der Waals surface area contributed by atoms with Crippen LogP contribution in [-0.4, -0.2) is 41.6 Å². The van der Waals surface area contributed by atoms with E-state index in [-0.39, 0.29) is 25.6 Å². The lowest BCUT2D eigenvalue weighted by Gasteiger charge is -2.43. The van der Waals surface area contributed by atoms with Gasteiger partial charge in [-0.25, -0.2) is 0 Å². The van der Waals surface area contributed by atoms with E-state index in [1.807, 2.05) is 12.1 Å². The maximum Gasteiger partial charge on any atom is 0.317 e. The van der Waals surface area contributed by atoms with Crippen molar-refractivity contribution in [3.05, 3.63) is 60.7 Å². The third-order valence-corrected chi connectivity index (χ3v) is 5.45. The standard InChI is InChI=1S/C24H30O6/c1-6-12-29-22(26)20-18(25)14-24(5,28)21(23(27)30-13-7-2)19(20)17-10-8-16(9-11-17)15(3)4/h6-11,15,19-21,28H,1-2,12-14H2,3-5H3. The van der Waals surface area contributed by atoms with Gasteiger partial charge in [-0.15, -0.1) is 0 Å². The highest BCUT2D eigenvalue weighted by molar-refractivity contribution is 6.02. The van der Waals surface area contributed by atoms with Crippen molar-refractivity contribution in [1.82, 2.24) is 0 Å². The van der Waals surface area contributed by atoms with Crippen molar-refractivity contribution in [2.45, 2.75) is 44.6 Å². The van der Waals surface area contributed by atoms with Crippen LogP contribution in [0.5, 0.6) is 0 Å². The van der Waals surface area contributed by atoms with Crippen molar-refractivity contribution in [3.63, 3.8) is 0 Å². The van der Waals surface area contributed by atoms with Gasteiger partial charge in [0.2, 0.25) is 0 Å². The quantitative estimate of drug-likeness (QED) is 0.399. The van der Waals surface area contributed by atoms with Crippen LogP contribution in [0.4, 0.5) is 0 Å². The molecule has 1 fully saturated rings. The highest BCUT2D eigenvalue weighted by Gasteiger charge is 2.57. The van der Waals surface area contributed by atoms with E-state index < -0.39 is 41.1 Å². The van der Waals surface area contributed by atoms with E-state index in [1.165, 1.54) is 19.1 Å². The Balaban J connectivity index is 2.57. The molecule has 1 aromatic carbocycles. The summed E-state index contributed by atoms with van der Waals surface area (Å²) in [6, 6.07) is 7.37. The second-order valence-electron chi connectivity index (χ2n) is 8.14. The Morgan fingerprint density at radius 2 is 1.67 bits per heavy atom. The average molecular weight is 414 g/mol. The highest BCUT2D eigenvalue weighted by Crippen LogP contribution is 2.46. The molecule has 30 heavy (non-hydrogen) atoms. The average Bonchev–Trinajstić information content (AvgIpc) is 2.69. The van der Waals surface area contributed by atoms with Crippen LogP contribution < -0.4 is 0 Å². The van der Waals surface area contributed by atoms with Gasteiger partial charge in [-0.3, -0.25) is 14.4 Å². The summed E-state index contributed by atoms with van der Waals surface area (Å²) < 4.78 is 10.4. The lowest BCUT2D eigenvalue weighted by atomic mass is 9.61. The van der Waals surface area contributed by atoms with Gasteiger partial charge in [0, 0.05) is 12.3 Å². The second kappa shape index (κ2) is 9.85. The number of esters is 2. The Morgan fingerprint density at radius 3 is 2.17 bits per heavy atom. The molecule has 1 aliphatic rings. The molecule has 4 unspecified atom stereocenters. The number of carbonyl (C=O) groups is 3. The smallest absolute Gasteiger partial charge is 0.317 e. The van der Waals surface area contributed by atoms with Crippen molar-refractivity contribution in [3.8, 4) is 0 Å². The first-order valence-corrected chi connectivity index (χ1v) is 10.0. The lowest BCUT2D eigenvalue weighted by molar-refractivity contribution is -0.171. The number of ketones is 1. The van der Waals surface area contributed by atoms with Gasteiger partial charge in [0.25, 0.3) is 0 Å². The molecule has 0 radical (unpaired) electrons. The molecule has 0 aromatic heterocycles. The fourth-order valence-corrected chi connectivity index (χ4v) is 3.98. The molecular weight excluding hydrogens is 384 g/mol. The van der Waals surface area contributed by atoms with E-state index in [2.05, 4.69) is 27.0 Å². The van der Waals surface area contributed by atoms with Gasteiger partial charge >= 0.3 is 11.9 Å². The summed E-state index contributed by atoms with van der Waals surface area (Å²) in [7, 11) is 0. The molecular formula is C24H30O6. The molecule has 1 aliphatic carbocycles. The van der Waals surface area contributed by atoms with E-state index in [1.54, 1.807) is 12.1 Å². The van der Waals surface area contributed by atoms with Gasteiger partial charge in [0.1, 0.15) is 19.1 Å². The predicted molar refractivity (Wildman–Crippen MR) is 113 cm³/mol. The Kier molecular flexibility index (Phi) is 7.73. The number of hydrogen-bond donors (Lipinski definition) is 1. The molecule has 6 heteroatoms. The van der Waals surface area contributed by atoms with Crippen LogP contribution in [0.2, 0.25) is 0 Å². The number of aliphatic hydroxyl groups is 1. The number of carbonyl (C=O) groups excluding carboxylic acids is 3. The number of Topliss-reactive ketones (excluding diaryl/α,β-unsaturated/α-hetero) is 1. The predicted octanol–water partition coefficient (Wildman–Crippen LogP) is 3.31. The zero-order valence-corrected chi connectivity index (χ0v) is 17.8. The molecule has 1 saturated carbocycles. The van der Waals surface area contributed by atoms with Crippen molar-refractivity contribution >= 4 is 17.7 Å². The van der Waals surface area contributed by atoms with Gasteiger partial charge in [-0.05, 0) is 24.0 Å². The molecule has 162 valence electrons. The number of ether oxygens (including phenoxy) is 2. The van der Waals surface area contributed by atoms with Gasteiger partial charge in [-0.2, -0.15) is 0 Å². The topological polar surface area (TPSA) is 89.9 Å². The molecule has 6 nitrogen and oxygen atoms in total. The lowest BCUT2D eigenvalue weighted by Crippen LogP contribution is -2.55. The zero-order chi connectivity index (χ0) is 22.5. The maximum absolute atomic E-state index is 12.9. The van der Waals surface area contributed by atoms with Crippen LogP contribution in [0, 0.1) is 11.8 Å². The first-order chi connectivity index (χ1) is 14.1. The number of benzene rings is 1. The normalized spacial score (nSPS) is 26.2. The Bertz CT molecular complexity index is 805. The van der Waals surface area contributed by atoms with E-state index in [4.69, 9.17) is 9.47 Å². The van der Waals surface area contributed by atoms with Crippen LogP contribution in [0.15, 0.2) is 49.6 Å². The molecule has 0 spiro atoms. The summed E-state index contributed by atoms with van der Waals surface area (Å²) in [5.74, 6) is -4.88. The van der Waals surface area contributed by atoms with Crippen molar-refractivity contribution in [2.24, 2.45) is 11.8 Å². The van der Waals surface area contributed by atoms with Gasteiger partial charge in [0.15, 0.2) is 5.78 Å². The summed E-state index contributed by atoms with van der Waals surface area (Å²) in [5.41, 5.74) is -0.00981. The molecule has 0 aliphatic heterocycles. The van der Waals surface area contributed by atoms with Gasteiger partial charge < -0.3 is 14.6 Å². The second-order valence-corrected chi connectivity index (χ2v) is 8.14. The minimum absolute atomic E-state index is 0.0378. The molecule has 1 aromatic rings. The van der Waals surface area contributed by atoms with Crippen molar-refractivity contribution in [2.75, 3.05) is 13.2 Å². The summed E-state index contributed by atoms with van der Waals surface area (Å²) in [4.78, 5) is 38.6. The molecule has 2 rings (SSSR count). The molecule has 0 bridgehead atoms. The fraction of sp³-hybridized carbons (Fsp3) is 0.458. The molecule has 0 saturated heterocycles. The highest BCUT2D eigenvalue weighted by atomic mass is 16.5. The third kappa shape index (κ3) is 5.05. The monoisotopic (exact) mass is 414 g/mol. The SMILES string of the molecule is C=CCOC(=O)C1C(=O)CC(C)(O)C(C(=O)OCC=C)C1c1ccc(C(C)C)cc1. The van der Waals surface area contributed by atoms with E-state index in [0.717, 1.165) is 5.56 Å². The van der Waals surface area contributed by atoms with Crippen LogP contribution >= 0.6 is 0 Å². The van der Waals surface area contributed by atoms with E-state index >= 15 is 0 Å². The van der Waals surface area contributed by atoms with E-state index in [9.17, 15) is 19.5 Å². The number of hydrogen-bond acceptors (Lipinski definition) is 6. The van der Waals surface area contributed by atoms with Crippen LogP contribution in [-0.2, 0) is 23.9 Å². The third-order valence-electron chi connectivity index (χ3n) is 5.45. The van der Waals surface area contributed by atoms with Crippen LogP contribution in [0.1, 0.15) is 50.2 Å². The molecule has 4 atom stereocenters.